The van der Waals surface area contributed by atoms with Crippen molar-refractivity contribution in [2.75, 3.05) is 11.4 Å². The third kappa shape index (κ3) is 3.56. The number of halogens is 1. The van der Waals surface area contributed by atoms with Crippen molar-refractivity contribution in [1.82, 2.24) is 5.32 Å². The van der Waals surface area contributed by atoms with Crippen LogP contribution in [-0.2, 0) is 9.59 Å². The van der Waals surface area contributed by atoms with Crippen LogP contribution in [-0.4, -0.2) is 24.4 Å². The van der Waals surface area contributed by atoms with Gasteiger partial charge in [0.25, 0.3) is 0 Å². The molecule has 2 atom stereocenters. The molecule has 1 heterocycles. The summed E-state index contributed by atoms with van der Waals surface area (Å²) in [6, 6.07) is 6.85. The highest BCUT2D eigenvalue weighted by Crippen LogP contribution is 2.28. The molecule has 2 amide bonds. The van der Waals surface area contributed by atoms with Crippen molar-refractivity contribution in [3.05, 3.63) is 29.3 Å². The Balaban J connectivity index is 2.12. The maximum absolute atomic E-state index is 12.6. The standard InChI is InChI=1S/C16H21ClN2O2/c1-3-11(2)15(20)18-13-8-6-10-19(16(13)21)14-9-5-4-7-12(14)17/h4-5,7,9,11,13H,3,6,8,10H2,1-2H3,(H,18,20)/t11-,13+/m0/s1. The van der Waals surface area contributed by atoms with E-state index < -0.39 is 6.04 Å². The summed E-state index contributed by atoms with van der Waals surface area (Å²) in [5.41, 5.74) is 0.714. The van der Waals surface area contributed by atoms with Crippen molar-refractivity contribution < 1.29 is 9.59 Å². The van der Waals surface area contributed by atoms with Crippen molar-refractivity contribution in [1.29, 1.82) is 0 Å². The molecule has 1 saturated heterocycles. The van der Waals surface area contributed by atoms with Crippen LogP contribution in [0.5, 0.6) is 0 Å². The van der Waals surface area contributed by atoms with Gasteiger partial charge in [0, 0.05) is 12.5 Å². The number of nitrogens with zero attached hydrogens (tertiary/aromatic N) is 1. The van der Waals surface area contributed by atoms with Crippen molar-refractivity contribution in [2.24, 2.45) is 5.92 Å². The summed E-state index contributed by atoms with van der Waals surface area (Å²) >= 11 is 6.17. The Labute approximate surface area is 130 Å². The number of rotatable bonds is 4. The topological polar surface area (TPSA) is 49.4 Å². The second-order valence-corrected chi connectivity index (χ2v) is 5.86. The number of hydrogen-bond donors (Lipinski definition) is 1. The van der Waals surface area contributed by atoms with Gasteiger partial charge in [-0.05, 0) is 31.4 Å². The lowest BCUT2D eigenvalue weighted by atomic mass is 10.0. The zero-order valence-corrected chi connectivity index (χ0v) is 13.2. The van der Waals surface area contributed by atoms with Crippen LogP contribution >= 0.6 is 11.6 Å². The number of carbonyl (C=O) groups is 2. The molecule has 0 radical (unpaired) electrons. The second kappa shape index (κ2) is 6.94. The molecule has 2 rings (SSSR count). The van der Waals surface area contributed by atoms with E-state index in [1.54, 1.807) is 11.0 Å². The molecule has 5 heteroatoms. The van der Waals surface area contributed by atoms with E-state index in [2.05, 4.69) is 5.32 Å². The van der Waals surface area contributed by atoms with Crippen LogP contribution in [0.3, 0.4) is 0 Å². The van der Waals surface area contributed by atoms with Crippen LogP contribution in [0.15, 0.2) is 24.3 Å². The van der Waals surface area contributed by atoms with Crippen LogP contribution in [0.4, 0.5) is 5.69 Å². The zero-order valence-electron chi connectivity index (χ0n) is 12.4. The van der Waals surface area contributed by atoms with Gasteiger partial charge in [-0.2, -0.15) is 0 Å². The Bertz CT molecular complexity index is 533. The minimum atomic E-state index is -0.448. The van der Waals surface area contributed by atoms with Gasteiger partial charge in [-0.15, -0.1) is 0 Å². The fourth-order valence-corrected chi connectivity index (χ4v) is 2.66. The fourth-order valence-electron chi connectivity index (χ4n) is 2.42. The Morgan fingerprint density at radius 3 is 2.86 bits per heavy atom. The third-order valence-corrected chi connectivity index (χ3v) is 4.28. The average molecular weight is 309 g/mol. The zero-order chi connectivity index (χ0) is 15.4. The Morgan fingerprint density at radius 1 is 1.48 bits per heavy atom. The van der Waals surface area contributed by atoms with E-state index in [-0.39, 0.29) is 17.7 Å². The molecule has 1 N–H and O–H groups in total. The Kier molecular flexibility index (Phi) is 5.23. The predicted molar refractivity (Wildman–Crippen MR) is 84.4 cm³/mol. The van der Waals surface area contributed by atoms with Crippen LogP contribution in [0.25, 0.3) is 0 Å². The van der Waals surface area contributed by atoms with Crippen molar-refractivity contribution >= 4 is 29.1 Å². The highest BCUT2D eigenvalue weighted by Gasteiger charge is 2.32. The van der Waals surface area contributed by atoms with Gasteiger partial charge >= 0.3 is 0 Å². The van der Waals surface area contributed by atoms with Crippen LogP contribution < -0.4 is 10.2 Å². The monoisotopic (exact) mass is 308 g/mol. The molecule has 0 aliphatic carbocycles. The van der Waals surface area contributed by atoms with Crippen LogP contribution in [0, 0.1) is 5.92 Å². The summed E-state index contributed by atoms with van der Waals surface area (Å²) in [6.45, 7) is 4.47. The van der Waals surface area contributed by atoms with Gasteiger partial charge in [0.2, 0.25) is 11.8 Å². The number of amides is 2. The number of hydrogen-bond acceptors (Lipinski definition) is 2. The van der Waals surface area contributed by atoms with E-state index in [4.69, 9.17) is 11.6 Å². The Morgan fingerprint density at radius 2 is 2.19 bits per heavy atom. The summed E-state index contributed by atoms with van der Waals surface area (Å²) in [5, 5.41) is 3.42. The summed E-state index contributed by atoms with van der Waals surface area (Å²) in [6.07, 6.45) is 2.30. The summed E-state index contributed by atoms with van der Waals surface area (Å²) in [7, 11) is 0. The van der Waals surface area contributed by atoms with Gasteiger partial charge in [-0.1, -0.05) is 37.6 Å². The van der Waals surface area contributed by atoms with Crippen molar-refractivity contribution in [3.63, 3.8) is 0 Å². The Hall–Kier alpha value is -1.55. The van der Waals surface area contributed by atoms with Gasteiger partial charge in [0.1, 0.15) is 6.04 Å². The van der Waals surface area contributed by atoms with E-state index in [9.17, 15) is 9.59 Å². The number of para-hydroxylation sites is 1. The molecule has 1 aromatic rings. The van der Waals surface area contributed by atoms with E-state index in [0.717, 1.165) is 12.8 Å². The van der Waals surface area contributed by atoms with Gasteiger partial charge in [-0.3, -0.25) is 9.59 Å². The first-order valence-electron chi connectivity index (χ1n) is 7.41. The van der Waals surface area contributed by atoms with Crippen LogP contribution in [0.1, 0.15) is 33.1 Å². The molecule has 1 aromatic carbocycles. The van der Waals surface area contributed by atoms with Gasteiger partial charge in [-0.25, -0.2) is 0 Å². The van der Waals surface area contributed by atoms with Crippen molar-refractivity contribution in [2.45, 2.75) is 39.2 Å². The molecule has 1 fully saturated rings. The minimum absolute atomic E-state index is 0.0585. The molecule has 1 aliphatic rings. The lowest BCUT2D eigenvalue weighted by Gasteiger charge is -2.33. The number of carbonyl (C=O) groups excluding carboxylic acids is 2. The third-order valence-electron chi connectivity index (χ3n) is 3.96. The lowest BCUT2D eigenvalue weighted by Crippen LogP contribution is -2.53. The number of benzene rings is 1. The molecule has 0 saturated carbocycles. The maximum Gasteiger partial charge on any atom is 0.249 e. The normalized spacial score (nSPS) is 20.2. The van der Waals surface area contributed by atoms with E-state index in [1.807, 2.05) is 32.0 Å². The summed E-state index contributed by atoms with van der Waals surface area (Å²) in [5.74, 6) is -0.212. The summed E-state index contributed by atoms with van der Waals surface area (Å²) < 4.78 is 0. The lowest BCUT2D eigenvalue weighted by molar-refractivity contribution is -0.130. The molecule has 0 aromatic heterocycles. The SMILES string of the molecule is CC[C@H](C)C(=O)N[C@@H]1CCCN(c2ccccc2Cl)C1=O. The van der Waals surface area contributed by atoms with E-state index >= 15 is 0 Å². The molecule has 114 valence electrons. The molecule has 0 spiro atoms. The quantitative estimate of drug-likeness (QED) is 0.929. The van der Waals surface area contributed by atoms with Gasteiger partial charge in [0.15, 0.2) is 0 Å². The molecule has 0 bridgehead atoms. The first-order chi connectivity index (χ1) is 10.0. The molecular formula is C16H21ClN2O2. The largest absolute Gasteiger partial charge is 0.344 e. The molecule has 1 aliphatic heterocycles. The molecule has 21 heavy (non-hydrogen) atoms. The van der Waals surface area contributed by atoms with Gasteiger partial charge < -0.3 is 10.2 Å². The first kappa shape index (κ1) is 15.8. The summed E-state index contributed by atoms with van der Waals surface area (Å²) in [4.78, 5) is 26.2. The van der Waals surface area contributed by atoms with E-state index in [1.165, 1.54) is 0 Å². The predicted octanol–water partition coefficient (Wildman–Crippen LogP) is 3.00. The smallest absolute Gasteiger partial charge is 0.249 e. The fraction of sp³-hybridized carbons (Fsp3) is 0.500. The van der Waals surface area contributed by atoms with Gasteiger partial charge in [0.05, 0.1) is 10.7 Å². The second-order valence-electron chi connectivity index (χ2n) is 5.45. The van der Waals surface area contributed by atoms with Crippen molar-refractivity contribution in [3.8, 4) is 0 Å². The highest BCUT2D eigenvalue weighted by molar-refractivity contribution is 6.33. The highest BCUT2D eigenvalue weighted by atomic mass is 35.5. The first-order valence-corrected chi connectivity index (χ1v) is 7.78. The molecule has 4 nitrogen and oxygen atoms in total. The number of piperidine rings is 1. The minimum Gasteiger partial charge on any atom is -0.344 e. The molecule has 0 unspecified atom stereocenters. The van der Waals surface area contributed by atoms with E-state index in [0.29, 0.717) is 23.7 Å². The molecular weight excluding hydrogens is 288 g/mol. The average Bonchev–Trinajstić information content (AvgIpc) is 2.49. The maximum atomic E-state index is 12.6. The number of nitrogens with one attached hydrogen (secondary N) is 1. The van der Waals surface area contributed by atoms with Crippen LogP contribution in [0.2, 0.25) is 5.02 Å². The number of anilines is 1.